The Balaban J connectivity index is 4.26. The maximum Gasteiger partial charge on any atom is 0.311 e. The van der Waals surface area contributed by atoms with Crippen LogP contribution < -0.4 is 0 Å². The number of esters is 1. The lowest BCUT2D eigenvalue weighted by atomic mass is 9.80. The van der Waals surface area contributed by atoms with E-state index in [0.29, 0.717) is 6.61 Å². The van der Waals surface area contributed by atoms with Crippen molar-refractivity contribution in [2.45, 2.75) is 91.9 Å². The highest BCUT2D eigenvalue weighted by molar-refractivity contribution is 5.76. The van der Waals surface area contributed by atoms with Gasteiger partial charge in [-0.15, -0.1) is 0 Å². The Morgan fingerprint density at radius 3 is 2.00 bits per heavy atom. The molecule has 0 rings (SSSR count). The third kappa shape index (κ3) is 8.28. The molecule has 0 aliphatic carbocycles. The molecule has 0 aromatic heterocycles. The minimum absolute atomic E-state index is 0.0332. The van der Waals surface area contributed by atoms with Gasteiger partial charge in [0.15, 0.2) is 0 Å². The van der Waals surface area contributed by atoms with Crippen molar-refractivity contribution in [2.75, 3.05) is 6.61 Å². The van der Waals surface area contributed by atoms with E-state index in [1.807, 2.05) is 0 Å². The normalized spacial score (nSPS) is 14.1. The van der Waals surface area contributed by atoms with E-state index in [2.05, 4.69) is 27.7 Å². The van der Waals surface area contributed by atoms with E-state index in [9.17, 15) is 4.79 Å². The van der Waals surface area contributed by atoms with Gasteiger partial charge in [-0.25, -0.2) is 0 Å². The van der Waals surface area contributed by atoms with Crippen molar-refractivity contribution >= 4 is 5.97 Å². The number of hydrogen-bond donors (Lipinski definition) is 0. The average molecular weight is 270 g/mol. The average Bonchev–Trinajstić information content (AvgIpc) is 2.41. The molecule has 0 fully saturated rings. The molecule has 0 spiro atoms. The highest BCUT2D eigenvalue weighted by Crippen LogP contribution is 2.32. The quantitative estimate of drug-likeness (QED) is 0.346. The fourth-order valence-electron chi connectivity index (χ4n) is 2.32. The topological polar surface area (TPSA) is 26.3 Å². The number of unbranched alkanes of at least 4 members (excludes halogenated alkanes) is 5. The first-order valence-corrected chi connectivity index (χ1v) is 8.28. The van der Waals surface area contributed by atoms with E-state index in [0.717, 1.165) is 44.9 Å². The Kier molecular flexibility index (Phi) is 11.0. The van der Waals surface area contributed by atoms with Crippen LogP contribution in [0.5, 0.6) is 0 Å². The Morgan fingerprint density at radius 2 is 1.42 bits per heavy atom. The lowest BCUT2D eigenvalue weighted by Crippen LogP contribution is -2.30. The molecule has 0 N–H and O–H groups in total. The van der Waals surface area contributed by atoms with Gasteiger partial charge in [-0.1, -0.05) is 65.7 Å². The molecule has 114 valence electrons. The van der Waals surface area contributed by atoms with Crippen molar-refractivity contribution in [1.82, 2.24) is 0 Å². The zero-order chi connectivity index (χ0) is 14.6. The molecule has 0 saturated heterocycles. The van der Waals surface area contributed by atoms with Crippen LogP contribution in [0.15, 0.2) is 0 Å². The van der Waals surface area contributed by atoms with Crippen molar-refractivity contribution in [2.24, 2.45) is 5.41 Å². The molecule has 1 unspecified atom stereocenters. The number of carbonyl (C=O) groups excluding carboxylic acids is 1. The van der Waals surface area contributed by atoms with Gasteiger partial charge < -0.3 is 4.74 Å². The Hall–Kier alpha value is -0.530. The minimum atomic E-state index is -0.252. The van der Waals surface area contributed by atoms with Crippen molar-refractivity contribution in [3.63, 3.8) is 0 Å². The summed E-state index contributed by atoms with van der Waals surface area (Å²) in [5.74, 6) is 0.0332. The zero-order valence-electron chi connectivity index (χ0n) is 13.6. The largest absolute Gasteiger partial charge is 0.465 e. The second-order valence-electron chi connectivity index (χ2n) is 5.96. The lowest BCUT2D eigenvalue weighted by Gasteiger charge is -2.27. The molecular weight excluding hydrogens is 236 g/mol. The summed E-state index contributed by atoms with van der Waals surface area (Å²) in [4.78, 5) is 12.3. The van der Waals surface area contributed by atoms with Gasteiger partial charge in [0, 0.05) is 0 Å². The van der Waals surface area contributed by atoms with Crippen molar-refractivity contribution < 1.29 is 9.53 Å². The fraction of sp³-hybridized carbons (Fsp3) is 0.941. The molecule has 1 atom stereocenters. The summed E-state index contributed by atoms with van der Waals surface area (Å²) in [6.45, 7) is 9.21. The first-order chi connectivity index (χ1) is 9.10. The highest BCUT2D eigenvalue weighted by atomic mass is 16.5. The maximum atomic E-state index is 12.3. The fourth-order valence-corrected chi connectivity index (χ4v) is 2.32. The van der Waals surface area contributed by atoms with E-state index in [1.54, 1.807) is 0 Å². The summed E-state index contributed by atoms with van der Waals surface area (Å²) in [7, 11) is 0. The molecular formula is C17H34O2. The van der Waals surface area contributed by atoms with Crippen LogP contribution >= 0.6 is 0 Å². The van der Waals surface area contributed by atoms with Crippen molar-refractivity contribution in [3.8, 4) is 0 Å². The molecule has 2 nitrogen and oxygen atoms in total. The van der Waals surface area contributed by atoms with Crippen molar-refractivity contribution in [3.05, 3.63) is 0 Å². The second-order valence-corrected chi connectivity index (χ2v) is 5.96. The molecule has 2 heteroatoms. The lowest BCUT2D eigenvalue weighted by molar-refractivity contribution is -0.156. The van der Waals surface area contributed by atoms with Gasteiger partial charge >= 0.3 is 5.97 Å². The predicted octanol–water partition coefficient (Wildman–Crippen LogP) is 5.50. The van der Waals surface area contributed by atoms with Crippen LogP contribution in [0.3, 0.4) is 0 Å². The Bertz CT molecular complexity index is 225. The Labute approximate surface area is 120 Å². The third-order valence-electron chi connectivity index (χ3n) is 3.89. The monoisotopic (exact) mass is 270 g/mol. The summed E-state index contributed by atoms with van der Waals surface area (Å²) in [6.07, 6.45) is 11.2. The van der Waals surface area contributed by atoms with Gasteiger partial charge in [-0.3, -0.25) is 4.79 Å². The summed E-state index contributed by atoms with van der Waals surface area (Å²) in [5, 5.41) is 0. The Morgan fingerprint density at radius 1 is 0.842 bits per heavy atom. The number of rotatable bonds is 12. The number of hydrogen-bond acceptors (Lipinski definition) is 2. The van der Waals surface area contributed by atoms with Gasteiger partial charge in [-0.2, -0.15) is 0 Å². The SMILES string of the molecule is CCCCCCC(C)(CCCC)C(=O)OCCCC. The predicted molar refractivity (Wildman–Crippen MR) is 82.3 cm³/mol. The molecule has 0 heterocycles. The molecule has 0 aliphatic rings. The van der Waals surface area contributed by atoms with Gasteiger partial charge in [0.25, 0.3) is 0 Å². The first kappa shape index (κ1) is 18.5. The first-order valence-electron chi connectivity index (χ1n) is 8.28. The van der Waals surface area contributed by atoms with Crippen LogP contribution in [0.1, 0.15) is 91.9 Å². The molecule has 0 bridgehead atoms. The summed E-state index contributed by atoms with van der Waals surface area (Å²) in [6, 6.07) is 0. The van der Waals surface area contributed by atoms with Crippen LogP contribution in [0, 0.1) is 5.41 Å². The van der Waals surface area contributed by atoms with E-state index in [-0.39, 0.29) is 11.4 Å². The summed E-state index contributed by atoms with van der Waals surface area (Å²) < 4.78 is 5.46. The van der Waals surface area contributed by atoms with Gasteiger partial charge in [0.05, 0.1) is 12.0 Å². The van der Waals surface area contributed by atoms with Crippen molar-refractivity contribution in [1.29, 1.82) is 0 Å². The van der Waals surface area contributed by atoms with E-state index in [1.165, 1.54) is 19.3 Å². The second kappa shape index (κ2) is 11.3. The number of carbonyl (C=O) groups is 1. The molecule has 0 radical (unpaired) electrons. The van der Waals surface area contributed by atoms with Crippen LogP contribution in [0.4, 0.5) is 0 Å². The minimum Gasteiger partial charge on any atom is -0.465 e. The molecule has 0 aromatic rings. The molecule has 19 heavy (non-hydrogen) atoms. The zero-order valence-corrected chi connectivity index (χ0v) is 13.6. The van der Waals surface area contributed by atoms with Crippen LogP contribution in [0.25, 0.3) is 0 Å². The van der Waals surface area contributed by atoms with Gasteiger partial charge in [-0.05, 0) is 26.2 Å². The smallest absolute Gasteiger partial charge is 0.311 e. The molecule has 0 aliphatic heterocycles. The van der Waals surface area contributed by atoms with Crippen LogP contribution in [-0.4, -0.2) is 12.6 Å². The highest BCUT2D eigenvalue weighted by Gasteiger charge is 2.33. The maximum absolute atomic E-state index is 12.3. The van der Waals surface area contributed by atoms with Crippen LogP contribution in [0.2, 0.25) is 0 Å². The van der Waals surface area contributed by atoms with E-state index >= 15 is 0 Å². The molecule has 0 saturated carbocycles. The molecule has 0 amide bonds. The number of ether oxygens (including phenoxy) is 1. The van der Waals surface area contributed by atoms with E-state index < -0.39 is 0 Å². The van der Waals surface area contributed by atoms with E-state index in [4.69, 9.17) is 4.74 Å². The summed E-state index contributed by atoms with van der Waals surface area (Å²) >= 11 is 0. The van der Waals surface area contributed by atoms with Gasteiger partial charge in [0.1, 0.15) is 0 Å². The standard InChI is InChI=1S/C17H34O2/c1-5-8-11-12-14-17(4,13-9-6-2)16(18)19-15-10-7-3/h5-15H2,1-4H3. The van der Waals surface area contributed by atoms with Crippen LogP contribution in [-0.2, 0) is 9.53 Å². The molecule has 0 aromatic carbocycles. The summed E-state index contributed by atoms with van der Waals surface area (Å²) in [5.41, 5.74) is -0.252. The van der Waals surface area contributed by atoms with Gasteiger partial charge in [0.2, 0.25) is 0 Å². The third-order valence-corrected chi connectivity index (χ3v) is 3.89.